The van der Waals surface area contributed by atoms with Gasteiger partial charge in [-0.2, -0.15) is 0 Å². The summed E-state index contributed by atoms with van der Waals surface area (Å²) in [5.41, 5.74) is 0. The predicted octanol–water partition coefficient (Wildman–Crippen LogP) is -14.9. The van der Waals surface area contributed by atoms with E-state index in [0.717, 1.165) is 0 Å². The van der Waals surface area contributed by atoms with Crippen molar-refractivity contribution >= 4 is 46.9 Å². The van der Waals surface area contributed by atoms with Gasteiger partial charge in [0.25, 0.3) is 0 Å². The Labute approximate surface area is 292 Å². The van der Waals surface area contributed by atoms with Crippen LogP contribution in [-0.2, 0) is 40.3 Å². The van der Waals surface area contributed by atoms with Gasteiger partial charge in [-0.15, -0.1) is 0 Å². The molecule has 0 aromatic rings. The Balaban J connectivity index is -0.0000000148. The minimum Gasteiger partial charge on any atom is -0.790 e. The second-order valence-corrected chi connectivity index (χ2v) is 10.3. The van der Waals surface area contributed by atoms with E-state index < -0.39 is 46.9 Å². The van der Waals surface area contributed by atoms with E-state index >= 15 is 0 Å². The molecule has 0 N–H and O–H groups in total. The molecule has 21 nitrogen and oxygen atoms in total. The minimum absolute atomic E-state index is 0. The SMILES string of the molecule is O=P([O-])([O-])OP(=O)([O-])[O-].O=P([O-])([O-])OP(=O)([O-])[O-].O=P([O-])([O-])OP(=O)([O-])[O-].[Cs+].[Cs+].[H+].[H+].[H+].[H+].[H+].[H+].[H+].[H+].[H+].[H+]. The summed E-state index contributed by atoms with van der Waals surface area (Å²) in [6.07, 6.45) is 0. The van der Waals surface area contributed by atoms with Crippen molar-refractivity contribution in [2.75, 3.05) is 0 Å². The first kappa shape index (κ1) is 43.9. The van der Waals surface area contributed by atoms with Crippen molar-refractivity contribution in [3.05, 3.63) is 0 Å². The summed E-state index contributed by atoms with van der Waals surface area (Å²) in [6, 6.07) is 0. The summed E-state index contributed by atoms with van der Waals surface area (Å²) < 4.78 is 63.5. The molecule has 29 heteroatoms. The zero-order valence-electron chi connectivity index (χ0n) is 23.3. The molecule has 0 rings (SSSR count). The standard InChI is InChI=1S/2Cs.3H4O7P2/c;;3*1-8(2,3)7-9(4,5)6/h;;3*(H2,1,2,3)(H2,4,5,6)/q2*+1;;;/p-2. The normalized spacial score (nSPS) is 12.8. The van der Waals surface area contributed by atoms with Crippen molar-refractivity contribution in [3.8, 4) is 0 Å². The molecule has 0 aromatic heterocycles. The fourth-order valence-corrected chi connectivity index (χ4v) is 3.31. The van der Waals surface area contributed by atoms with E-state index in [1.54, 1.807) is 0 Å². The van der Waals surface area contributed by atoms with Crippen LogP contribution in [0.4, 0.5) is 0 Å². The van der Waals surface area contributed by atoms with Crippen molar-refractivity contribution in [3.63, 3.8) is 0 Å². The molecular formula is H10Cs2O21P6. The third kappa shape index (κ3) is 59.9. The van der Waals surface area contributed by atoms with Gasteiger partial charge in [-0.05, 0) is 0 Å². The quantitative estimate of drug-likeness (QED) is 0.225. The largest absolute Gasteiger partial charge is 1.00 e. The van der Waals surface area contributed by atoms with Crippen molar-refractivity contribution in [2.45, 2.75) is 0 Å². The Kier molecular flexibility index (Phi) is 26.3. The smallest absolute Gasteiger partial charge is 0.790 e. The van der Waals surface area contributed by atoms with Crippen LogP contribution in [0, 0.1) is 0 Å². The molecule has 0 bridgehead atoms. The molecule has 0 heterocycles. The Morgan fingerprint density at radius 1 is 0.345 bits per heavy atom. The Bertz CT molecular complexity index is 584. The number of rotatable bonds is 6. The molecule has 0 aliphatic carbocycles. The second-order valence-electron chi connectivity index (χ2n) is 2.93. The van der Waals surface area contributed by atoms with E-state index in [-0.39, 0.29) is 152 Å². The average Bonchev–Trinajstić information content (AvgIpc) is 1.96. The maximum atomic E-state index is 9.32. The van der Waals surface area contributed by atoms with Crippen molar-refractivity contribution in [1.82, 2.24) is 0 Å². The average molecular weight is 798 g/mol. The summed E-state index contributed by atoms with van der Waals surface area (Å²) in [5, 5.41) is 0. The van der Waals surface area contributed by atoms with E-state index in [0.29, 0.717) is 0 Å². The van der Waals surface area contributed by atoms with E-state index in [2.05, 4.69) is 12.9 Å². The minimum atomic E-state index is -5.68. The van der Waals surface area contributed by atoms with Crippen LogP contribution in [0.2, 0.25) is 0 Å². The van der Waals surface area contributed by atoms with Gasteiger partial charge in [0.05, 0.1) is 46.9 Å². The van der Waals surface area contributed by atoms with Gasteiger partial charge in [0.1, 0.15) is 0 Å². The Hall–Kier alpha value is 4.88. The van der Waals surface area contributed by atoms with Gasteiger partial charge in [-0.3, -0.25) is 0 Å². The third-order valence-electron chi connectivity index (χ3n) is 0.600. The van der Waals surface area contributed by atoms with Crippen LogP contribution in [0.5, 0.6) is 0 Å². The van der Waals surface area contributed by atoms with Gasteiger partial charge in [0.2, 0.25) is 0 Å². The molecule has 0 spiro atoms. The van der Waals surface area contributed by atoms with E-state index in [9.17, 15) is 86.1 Å². The maximum absolute atomic E-state index is 9.32. The van der Waals surface area contributed by atoms with Gasteiger partial charge >= 0.3 is 152 Å². The zero-order valence-corrected chi connectivity index (χ0v) is 31.2. The number of hydrogen-bond donors (Lipinski definition) is 0. The molecule has 0 unspecified atom stereocenters. The summed E-state index contributed by atoms with van der Waals surface area (Å²) >= 11 is 0. The van der Waals surface area contributed by atoms with Crippen LogP contribution in [0.3, 0.4) is 0 Å². The van der Waals surface area contributed by atoms with Crippen LogP contribution in [-0.4, -0.2) is 0 Å². The molecule has 0 aliphatic rings. The molecule has 0 saturated carbocycles. The van der Waals surface area contributed by atoms with E-state index in [1.165, 1.54) is 0 Å². The van der Waals surface area contributed by atoms with Gasteiger partial charge in [-0.1, -0.05) is 0 Å². The summed E-state index contributed by atoms with van der Waals surface area (Å²) in [6.45, 7) is 0. The first-order valence-corrected chi connectivity index (χ1v) is 13.1. The van der Waals surface area contributed by atoms with E-state index in [1.807, 2.05) is 0 Å². The van der Waals surface area contributed by atoms with Crippen molar-refractivity contribution in [1.29, 1.82) is 0 Å². The van der Waals surface area contributed by atoms with Crippen LogP contribution < -0.4 is 197 Å². The summed E-state index contributed by atoms with van der Waals surface area (Å²) in [4.78, 5) is 112. The van der Waals surface area contributed by atoms with Crippen LogP contribution in [0.1, 0.15) is 14.3 Å². The number of hydrogen-bond acceptors (Lipinski definition) is 21. The fraction of sp³-hybridized carbons (Fsp3) is 0. The zero-order chi connectivity index (χ0) is 23.1. The Morgan fingerprint density at radius 2 is 0.414 bits per heavy atom. The topological polar surface area (TPSA) is 407 Å². The van der Waals surface area contributed by atoms with Gasteiger partial charge in [0, 0.05) is 0 Å². The molecule has 0 aliphatic heterocycles. The molecule has 0 aromatic carbocycles. The first-order valence-electron chi connectivity index (χ1n) is 4.38. The molecular weight excluding hydrogens is 788 g/mol. The van der Waals surface area contributed by atoms with Crippen molar-refractivity contribution in [2.24, 2.45) is 0 Å². The summed E-state index contributed by atoms with van der Waals surface area (Å²) in [7, 11) is -34.1. The molecule has 0 atom stereocenters. The fourth-order valence-electron chi connectivity index (χ4n) is 0.367. The molecule has 0 amide bonds. The van der Waals surface area contributed by atoms with Gasteiger partial charge < -0.3 is 99.0 Å². The predicted molar refractivity (Wildman–Crippen MR) is 60.0 cm³/mol. The van der Waals surface area contributed by atoms with Gasteiger partial charge in [-0.25, -0.2) is 0 Å². The van der Waals surface area contributed by atoms with Gasteiger partial charge in [0.15, 0.2) is 0 Å². The maximum Gasteiger partial charge on any atom is 1.00 e. The Morgan fingerprint density at radius 3 is 0.414 bits per heavy atom. The molecule has 0 saturated heterocycles. The third-order valence-corrected chi connectivity index (χ3v) is 5.40. The number of phosphoric acid groups is 6. The molecule has 0 radical (unpaired) electrons. The van der Waals surface area contributed by atoms with Crippen LogP contribution >= 0.6 is 46.9 Å². The van der Waals surface area contributed by atoms with E-state index in [4.69, 9.17) is 0 Å². The molecule has 168 valence electrons. The van der Waals surface area contributed by atoms with Crippen molar-refractivity contribution < 1.29 is 251 Å². The monoisotopic (exact) mass is 798 g/mol. The molecule has 0 fully saturated rings. The second kappa shape index (κ2) is 17.4. The van der Waals surface area contributed by atoms with Crippen LogP contribution in [0.25, 0.3) is 0 Å². The van der Waals surface area contributed by atoms with Crippen LogP contribution in [0.15, 0.2) is 0 Å². The molecule has 29 heavy (non-hydrogen) atoms. The first-order chi connectivity index (χ1) is 11.1. The summed E-state index contributed by atoms with van der Waals surface area (Å²) in [5.74, 6) is 0.